The van der Waals surface area contributed by atoms with Crippen molar-refractivity contribution in [1.29, 1.82) is 0 Å². The zero-order chi connectivity index (χ0) is 17.1. The van der Waals surface area contributed by atoms with Crippen molar-refractivity contribution in [2.24, 2.45) is 0 Å². The van der Waals surface area contributed by atoms with Crippen LogP contribution >= 0.6 is 0 Å². The van der Waals surface area contributed by atoms with E-state index in [0.717, 1.165) is 0 Å². The van der Waals surface area contributed by atoms with Gasteiger partial charge < -0.3 is 35.6 Å². The molecule has 0 aromatic rings. The van der Waals surface area contributed by atoms with Crippen LogP contribution in [0.25, 0.3) is 0 Å². The Morgan fingerprint density at radius 2 is 1.41 bits per heavy atom. The largest absolute Gasteiger partial charge is 0.440 e. The van der Waals surface area contributed by atoms with E-state index in [2.05, 4.69) is 10.1 Å². The minimum atomic E-state index is -4.15. The van der Waals surface area contributed by atoms with Crippen molar-refractivity contribution < 1.29 is 48.0 Å². The van der Waals surface area contributed by atoms with E-state index in [1.807, 2.05) is 0 Å². The molecule has 0 spiro atoms. The molecular weight excluding hydrogens is 326 g/mol. The molecule has 0 heterocycles. The molecule has 1 amide bonds. The Bertz CT molecular complexity index is 466. The molecule has 12 heteroatoms. The summed E-state index contributed by atoms with van der Waals surface area (Å²) < 4.78 is 34.0. The zero-order valence-electron chi connectivity index (χ0n) is 11.3. The number of aliphatic hydroxyl groups excluding tert-OH is 5. The van der Waals surface area contributed by atoms with Crippen LogP contribution in [0, 0.1) is 0 Å². The summed E-state index contributed by atoms with van der Waals surface area (Å²) in [5.41, 5.74) is 0. The molecule has 0 aromatic carbocycles. The summed E-state index contributed by atoms with van der Waals surface area (Å²) in [5.74, 6) is -0.578. The summed E-state index contributed by atoms with van der Waals surface area (Å²) in [6.07, 6.45) is -12.0. The first kappa shape index (κ1) is 19.0. The number of hydrogen-bond donors (Lipinski definition) is 7. The van der Waals surface area contributed by atoms with Gasteiger partial charge in [-0.2, -0.15) is 8.42 Å². The predicted molar refractivity (Wildman–Crippen MR) is 69.3 cm³/mol. The molecule has 1 rings (SSSR count). The minimum Gasteiger partial charge on any atom is -0.440 e. The molecule has 1 fully saturated rings. The lowest BCUT2D eigenvalue weighted by Gasteiger charge is -2.40. The number of amides is 1. The van der Waals surface area contributed by atoms with Crippen LogP contribution in [0.1, 0.15) is 6.42 Å². The third-order valence-corrected chi connectivity index (χ3v) is 3.97. The van der Waals surface area contributed by atoms with Gasteiger partial charge in [0.15, 0.2) is 6.10 Å². The third kappa shape index (κ3) is 5.01. The van der Waals surface area contributed by atoms with Crippen molar-refractivity contribution in [1.82, 2.24) is 5.32 Å². The Balaban J connectivity index is 2.49. The van der Waals surface area contributed by atoms with Crippen molar-refractivity contribution >= 4 is 16.2 Å². The van der Waals surface area contributed by atoms with Crippen molar-refractivity contribution in [3.8, 4) is 0 Å². The Kier molecular flexibility index (Phi) is 6.49. The van der Waals surface area contributed by atoms with Crippen molar-refractivity contribution in [2.75, 3.05) is 12.3 Å². The van der Waals surface area contributed by atoms with E-state index in [1.165, 1.54) is 0 Å². The summed E-state index contributed by atoms with van der Waals surface area (Å²) in [6, 6.07) is 0. The van der Waals surface area contributed by atoms with Crippen LogP contribution in [0.4, 0.5) is 4.79 Å². The quantitative estimate of drug-likeness (QED) is 0.192. The monoisotopic (exact) mass is 345 g/mol. The lowest BCUT2D eigenvalue weighted by molar-refractivity contribution is -0.222. The summed E-state index contributed by atoms with van der Waals surface area (Å²) in [6.45, 7) is -0.175. The Morgan fingerprint density at radius 3 is 1.86 bits per heavy atom. The highest BCUT2D eigenvalue weighted by Crippen LogP contribution is 2.23. The number of ether oxygens (including phenoxy) is 1. The number of carbonyl (C=O) groups is 1. The molecule has 7 N–H and O–H groups in total. The highest BCUT2D eigenvalue weighted by molar-refractivity contribution is 7.85. The number of alkyl carbamates (subject to hydrolysis) is 1. The second kappa shape index (κ2) is 7.50. The van der Waals surface area contributed by atoms with Gasteiger partial charge in [0.05, 0.1) is 5.75 Å². The molecule has 130 valence electrons. The van der Waals surface area contributed by atoms with Gasteiger partial charge in [0.25, 0.3) is 10.1 Å². The van der Waals surface area contributed by atoms with Crippen LogP contribution in [-0.4, -0.2) is 93.5 Å². The van der Waals surface area contributed by atoms with Gasteiger partial charge in [0.1, 0.15) is 30.5 Å². The highest BCUT2D eigenvalue weighted by atomic mass is 32.2. The second-order valence-electron chi connectivity index (χ2n) is 4.89. The molecular formula is C10H19NO10S. The average molecular weight is 345 g/mol. The van der Waals surface area contributed by atoms with E-state index >= 15 is 0 Å². The molecule has 6 atom stereocenters. The van der Waals surface area contributed by atoms with Gasteiger partial charge in [0, 0.05) is 6.54 Å². The van der Waals surface area contributed by atoms with E-state index < -0.39 is 58.6 Å². The van der Waals surface area contributed by atoms with Gasteiger partial charge in [-0.15, -0.1) is 0 Å². The maximum atomic E-state index is 11.4. The molecule has 1 unspecified atom stereocenters. The van der Waals surface area contributed by atoms with Crippen LogP contribution in [0.3, 0.4) is 0 Å². The van der Waals surface area contributed by atoms with E-state index in [-0.39, 0.29) is 13.0 Å². The Hall–Kier alpha value is -1.02. The first-order valence-corrected chi connectivity index (χ1v) is 7.95. The Labute approximate surface area is 125 Å². The fraction of sp³-hybridized carbons (Fsp3) is 0.900. The predicted octanol–water partition coefficient (Wildman–Crippen LogP) is -3.82. The van der Waals surface area contributed by atoms with E-state index in [0.29, 0.717) is 0 Å². The van der Waals surface area contributed by atoms with Crippen molar-refractivity contribution in [3.63, 3.8) is 0 Å². The molecule has 1 aliphatic carbocycles. The van der Waals surface area contributed by atoms with E-state index in [9.17, 15) is 38.7 Å². The lowest BCUT2D eigenvalue weighted by Crippen LogP contribution is -2.64. The van der Waals surface area contributed by atoms with Gasteiger partial charge >= 0.3 is 6.09 Å². The molecule has 0 bridgehead atoms. The first-order valence-electron chi connectivity index (χ1n) is 6.34. The van der Waals surface area contributed by atoms with Crippen LogP contribution in [-0.2, 0) is 14.9 Å². The summed E-state index contributed by atoms with van der Waals surface area (Å²) in [5, 5.41) is 49.6. The van der Waals surface area contributed by atoms with Crippen molar-refractivity contribution in [2.45, 2.75) is 43.0 Å². The Morgan fingerprint density at radius 1 is 0.955 bits per heavy atom. The maximum Gasteiger partial charge on any atom is 0.407 e. The number of aliphatic hydroxyl groups is 5. The van der Waals surface area contributed by atoms with E-state index in [1.54, 1.807) is 0 Å². The SMILES string of the molecule is O=C(NCCCS(=O)(=O)O)O[C@@H]1[C@H](O)[C@@H](O)[C@H](O)C(O)[C@@H]1O. The topological polar surface area (TPSA) is 194 Å². The first-order chi connectivity index (χ1) is 10.0. The lowest BCUT2D eigenvalue weighted by atomic mass is 9.85. The van der Waals surface area contributed by atoms with Gasteiger partial charge in [-0.1, -0.05) is 0 Å². The fourth-order valence-electron chi connectivity index (χ4n) is 1.95. The third-order valence-electron chi connectivity index (χ3n) is 3.16. The normalized spacial score (nSPS) is 35.9. The molecule has 0 saturated heterocycles. The average Bonchev–Trinajstić information content (AvgIpc) is 2.43. The van der Waals surface area contributed by atoms with Gasteiger partial charge in [0.2, 0.25) is 0 Å². The van der Waals surface area contributed by atoms with Crippen LogP contribution in [0.5, 0.6) is 0 Å². The zero-order valence-corrected chi connectivity index (χ0v) is 12.1. The van der Waals surface area contributed by atoms with Crippen LogP contribution < -0.4 is 5.32 Å². The molecule has 11 nitrogen and oxygen atoms in total. The maximum absolute atomic E-state index is 11.4. The molecule has 0 aliphatic heterocycles. The van der Waals surface area contributed by atoms with Gasteiger partial charge in [-0.05, 0) is 6.42 Å². The minimum absolute atomic E-state index is 0.104. The van der Waals surface area contributed by atoms with Gasteiger partial charge in [-0.3, -0.25) is 4.55 Å². The molecule has 22 heavy (non-hydrogen) atoms. The van der Waals surface area contributed by atoms with Gasteiger partial charge in [-0.25, -0.2) is 4.79 Å². The number of hydrogen-bond acceptors (Lipinski definition) is 9. The standard InChI is InChI=1S/C10H19NO10S/c12-4-5(13)7(15)9(8(16)6(4)14)21-10(17)11-2-1-3-22(18,19)20/h4-9,12-16H,1-3H2,(H,11,17)(H,18,19,20)/t4-,5-,6?,7+,8-,9+/m0/s1. The van der Waals surface area contributed by atoms with Crippen LogP contribution in [0.2, 0.25) is 0 Å². The fourth-order valence-corrected chi connectivity index (χ4v) is 2.46. The second-order valence-corrected chi connectivity index (χ2v) is 6.46. The summed E-state index contributed by atoms with van der Waals surface area (Å²) in [4.78, 5) is 11.4. The van der Waals surface area contributed by atoms with Crippen molar-refractivity contribution in [3.05, 3.63) is 0 Å². The molecule has 1 aliphatic rings. The summed E-state index contributed by atoms with van der Waals surface area (Å²) in [7, 11) is -4.15. The summed E-state index contributed by atoms with van der Waals surface area (Å²) >= 11 is 0. The number of nitrogens with one attached hydrogen (secondary N) is 1. The smallest absolute Gasteiger partial charge is 0.407 e. The highest BCUT2D eigenvalue weighted by Gasteiger charge is 2.50. The molecule has 0 aromatic heterocycles. The number of rotatable bonds is 5. The van der Waals surface area contributed by atoms with E-state index in [4.69, 9.17) is 4.55 Å². The molecule has 0 radical (unpaired) electrons. The molecule has 1 saturated carbocycles. The van der Waals surface area contributed by atoms with Crippen LogP contribution in [0.15, 0.2) is 0 Å². The number of carbonyl (C=O) groups excluding carboxylic acids is 1.